The molecule has 0 aromatic heterocycles. The number of hydrogen-bond acceptors (Lipinski definition) is 3. The molecule has 1 N–H and O–H groups in total. The Bertz CT molecular complexity index is 836. The summed E-state index contributed by atoms with van der Waals surface area (Å²) in [6, 6.07) is 17.3. The SMILES string of the molecule is CN(C(=O)OC(C)(C)C)C(CNC(=O)N1Cc2ccccc2C1)c1ccccc1. The van der Waals surface area contributed by atoms with Gasteiger partial charge in [0.2, 0.25) is 0 Å². The summed E-state index contributed by atoms with van der Waals surface area (Å²) in [5.41, 5.74) is 2.70. The molecule has 6 heteroatoms. The van der Waals surface area contributed by atoms with Gasteiger partial charge in [-0.25, -0.2) is 9.59 Å². The zero-order chi connectivity index (χ0) is 21.0. The van der Waals surface area contributed by atoms with E-state index in [-0.39, 0.29) is 12.1 Å². The van der Waals surface area contributed by atoms with Crippen LogP contribution in [0, 0.1) is 0 Å². The number of nitrogens with zero attached hydrogens (tertiary/aromatic N) is 2. The molecule has 1 unspecified atom stereocenters. The third-order valence-electron chi connectivity index (χ3n) is 4.91. The molecular formula is C23H29N3O3. The Balaban J connectivity index is 1.68. The highest BCUT2D eigenvalue weighted by Gasteiger charge is 2.28. The molecule has 1 aliphatic heterocycles. The maximum absolute atomic E-state index is 12.8. The van der Waals surface area contributed by atoms with Crippen LogP contribution in [0.2, 0.25) is 0 Å². The summed E-state index contributed by atoms with van der Waals surface area (Å²) in [5, 5.41) is 2.99. The van der Waals surface area contributed by atoms with E-state index in [1.54, 1.807) is 16.8 Å². The van der Waals surface area contributed by atoms with E-state index in [1.165, 1.54) is 11.1 Å². The lowest BCUT2D eigenvalue weighted by molar-refractivity contribution is 0.0219. The van der Waals surface area contributed by atoms with Crippen LogP contribution in [-0.4, -0.2) is 41.1 Å². The molecule has 1 atom stereocenters. The fourth-order valence-electron chi connectivity index (χ4n) is 3.39. The Morgan fingerprint density at radius 1 is 1.03 bits per heavy atom. The highest BCUT2D eigenvalue weighted by molar-refractivity contribution is 5.75. The Hall–Kier alpha value is -3.02. The zero-order valence-corrected chi connectivity index (χ0v) is 17.5. The number of carbonyl (C=O) groups is 2. The highest BCUT2D eigenvalue weighted by atomic mass is 16.6. The van der Waals surface area contributed by atoms with Crippen LogP contribution in [0.3, 0.4) is 0 Å². The van der Waals surface area contributed by atoms with Gasteiger partial charge in [0.1, 0.15) is 5.60 Å². The molecule has 3 rings (SSSR count). The summed E-state index contributed by atoms with van der Waals surface area (Å²) in [6.07, 6.45) is -0.422. The summed E-state index contributed by atoms with van der Waals surface area (Å²) in [4.78, 5) is 28.7. The van der Waals surface area contributed by atoms with Crippen molar-refractivity contribution in [2.45, 2.75) is 45.5 Å². The number of benzene rings is 2. The standard InChI is InChI=1S/C23H29N3O3/c1-23(2,3)29-22(28)25(4)20(17-10-6-5-7-11-17)14-24-21(27)26-15-18-12-8-9-13-19(18)16-26/h5-13,20H,14-16H2,1-4H3,(H,24,27). The first-order chi connectivity index (χ1) is 13.7. The predicted molar refractivity (Wildman–Crippen MR) is 112 cm³/mol. The number of carbonyl (C=O) groups excluding carboxylic acids is 2. The molecule has 0 radical (unpaired) electrons. The monoisotopic (exact) mass is 395 g/mol. The Labute approximate surface area is 172 Å². The van der Waals surface area contributed by atoms with Crippen LogP contribution in [0.25, 0.3) is 0 Å². The van der Waals surface area contributed by atoms with Crippen LogP contribution in [0.5, 0.6) is 0 Å². The van der Waals surface area contributed by atoms with Crippen molar-refractivity contribution in [3.8, 4) is 0 Å². The fraction of sp³-hybridized carbons (Fsp3) is 0.391. The van der Waals surface area contributed by atoms with Crippen molar-refractivity contribution in [3.63, 3.8) is 0 Å². The Morgan fingerprint density at radius 3 is 2.14 bits per heavy atom. The van der Waals surface area contributed by atoms with Crippen molar-refractivity contribution >= 4 is 12.1 Å². The van der Waals surface area contributed by atoms with Gasteiger partial charge >= 0.3 is 12.1 Å². The van der Waals surface area contributed by atoms with Crippen LogP contribution in [0.4, 0.5) is 9.59 Å². The topological polar surface area (TPSA) is 61.9 Å². The molecule has 0 spiro atoms. The average Bonchev–Trinajstić information content (AvgIpc) is 3.11. The molecule has 0 fully saturated rings. The number of rotatable bonds is 4. The van der Waals surface area contributed by atoms with Gasteiger partial charge in [-0.3, -0.25) is 0 Å². The predicted octanol–water partition coefficient (Wildman–Crippen LogP) is 4.32. The number of nitrogens with one attached hydrogen (secondary N) is 1. The lowest BCUT2D eigenvalue weighted by Crippen LogP contribution is -2.44. The Morgan fingerprint density at radius 2 is 1.59 bits per heavy atom. The van der Waals surface area contributed by atoms with Crippen molar-refractivity contribution in [2.75, 3.05) is 13.6 Å². The molecule has 0 aliphatic carbocycles. The van der Waals surface area contributed by atoms with Crippen molar-refractivity contribution < 1.29 is 14.3 Å². The van der Waals surface area contributed by atoms with E-state index < -0.39 is 11.7 Å². The molecule has 2 aromatic carbocycles. The summed E-state index contributed by atoms with van der Waals surface area (Å²) in [6.45, 7) is 7.00. The molecule has 3 amide bonds. The lowest BCUT2D eigenvalue weighted by Gasteiger charge is -2.31. The largest absolute Gasteiger partial charge is 0.444 e. The summed E-state index contributed by atoms with van der Waals surface area (Å²) in [7, 11) is 1.70. The summed E-state index contributed by atoms with van der Waals surface area (Å²) in [5.74, 6) is 0. The molecule has 0 bridgehead atoms. The maximum Gasteiger partial charge on any atom is 0.410 e. The quantitative estimate of drug-likeness (QED) is 0.839. The maximum atomic E-state index is 12.8. The van der Waals surface area contributed by atoms with Crippen LogP contribution in [0.1, 0.15) is 43.5 Å². The van der Waals surface area contributed by atoms with Gasteiger partial charge in [0.05, 0.1) is 6.04 Å². The number of ether oxygens (including phenoxy) is 1. The minimum Gasteiger partial charge on any atom is -0.444 e. The fourth-order valence-corrected chi connectivity index (χ4v) is 3.39. The van der Waals surface area contributed by atoms with E-state index in [1.807, 2.05) is 75.4 Å². The number of hydrogen-bond donors (Lipinski definition) is 1. The summed E-state index contributed by atoms with van der Waals surface area (Å²) < 4.78 is 5.51. The van der Waals surface area contributed by atoms with Gasteiger partial charge in [0.25, 0.3) is 0 Å². The number of amides is 3. The lowest BCUT2D eigenvalue weighted by atomic mass is 10.1. The molecule has 154 valence electrons. The van der Waals surface area contributed by atoms with Crippen LogP contribution in [-0.2, 0) is 17.8 Å². The highest BCUT2D eigenvalue weighted by Crippen LogP contribution is 2.24. The van der Waals surface area contributed by atoms with Gasteiger partial charge in [-0.1, -0.05) is 54.6 Å². The first-order valence-corrected chi connectivity index (χ1v) is 9.85. The average molecular weight is 396 g/mol. The van der Waals surface area contributed by atoms with E-state index in [0.717, 1.165) is 5.56 Å². The van der Waals surface area contributed by atoms with Crippen LogP contribution < -0.4 is 5.32 Å². The van der Waals surface area contributed by atoms with Gasteiger partial charge in [-0.05, 0) is 37.5 Å². The van der Waals surface area contributed by atoms with Crippen LogP contribution in [0.15, 0.2) is 54.6 Å². The summed E-state index contributed by atoms with van der Waals surface area (Å²) >= 11 is 0. The first-order valence-electron chi connectivity index (χ1n) is 9.85. The smallest absolute Gasteiger partial charge is 0.410 e. The minimum atomic E-state index is -0.586. The second kappa shape index (κ2) is 8.55. The molecule has 1 heterocycles. The van der Waals surface area contributed by atoms with E-state index in [9.17, 15) is 9.59 Å². The zero-order valence-electron chi connectivity index (χ0n) is 17.5. The second-order valence-corrected chi connectivity index (χ2v) is 8.33. The number of urea groups is 1. The normalized spacial score (nSPS) is 14.1. The third-order valence-corrected chi connectivity index (χ3v) is 4.91. The second-order valence-electron chi connectivity index (χ2n) is 8.33. The van der Waals surface area contributed by atoms with Gasteiger partial charge in [-0.2, -0.15) is 0 Å². The van der Waals surface area contributed by atoms with Crippen molar-refractivity contribution in [2.24, 2.45) is 0 Å². The molecule has 1 aliphatic rings. The molecule has 29 heavy (non-hydrogen) atoms. The van der Waals surface area contributed by atoms with Crippen molar-refractivity contribution in [1.82, 2.24) is 15.1 Å². The van der Waals surface area contributed by atoms with Crippen LogP contribution >= 0.6 is 0 Å². The van der Waals surface area contributed by atoms with E-state index >= 15 is 0 Å². The van der Waals surface area contributed by atoms with Crippen molar-refractivity contribution in [3.05, 3.63) is 71.3 Å². The molecule has 0 saturated heterocycles. The number of likely N-dealkylation sites (N-methyl/N-ethyl adjacent to an activating group) is 1. The van der Waals surface area contributed by atoms with E-state index in [2.05, 4.69) is 5.32 Å². The molecule has 0 saturated carbocycles. The Kier molecular flexibility index (Phi) is 6.11. The first kappa shape index (κ1) is 20.7. The molecule has 6 nitrogen and oxygen atoms in total. The van der Waals surface area contributed by atoms with Gasteiger partial charge in [0.15, 0.2) is 0 Å². The van der Waals surface area contributed by atoms with E-state index in [4.69, 9.17) is 4.74 Å². The molecule has 2 aromatic rings. The number of fused-ring (bicyclic) bond motifs is 1. The van der Waals surface area contributed by atoms with E-state index in [0.29, 0.717) is 19.6 Å². The van der Waals surface area contributed by atoms with Crippen molar-refractivity contribution in [1.29, 1.82) is 0 Å². The third kappa shape index (κ3) is 5.28. The van der Waals surface area contributed by atoms with Gasteiger partial charge in [0, 0.05) is 26.7 Å². The van der Waals surface area contributed by atoms with Gasteiger partial charge in [-0.15, -0.1) is 0 Å². The minimum absolute atomic E-state index is 0.139. The molecular weight excluding hydrogens is 366 g/mol. The van der Waals surface area contributed by atoms with Gasteiger partial charge < -0.3 is 19.9 Å².